The summed E-state index contributed by atoms with van der Waals surface area (Å²) in [6.07, 6.45) is 0. The maximum absolute atomic E-state index is 5.84. The third-order valence-electron chi connectivity index (χ3n) is 2.81. The number of hydrogen-bond donors (Lipinski definition) is 1. The van der Waals surface area contributed by atoms with Gasteiger partial charge >= 0.3 is 0 Å². The van der Waals surface area contributed by atoms with Crippen molar-refractivity contribution in [2.45, 2.75) is 13.2 Å². The Kier molecular flexibility index (Phi) is 7.19. The highest BCUT2D eigenvalue weighted by atomic mass is 79.9. The lowest BCUT2D eigenvalue weighted by molar-refractivity contribution is 0.199. The molecule has 0 aliphatic carbocycles. The Morgan fingerprint density at radius 1 is 1.19 bits per heavy atom. The van der Waals surface area contributed by atoms with Gasteiger partial charge < -0.3 is 14.8 Å². The molecule has 0 saturated heterocycles. The van der Waals surface area contributed by atoms with Gasteiger partial charge in [-0.1, -0.05) is 6.07 Å². The van der Waals surface area contributed by atoms with E-state index in [0.717, 1.165) is 33.7 Å². The zero-order chi connectivity index (χ0) is 15.1. The molecule has 6 heteroatoms. The Bertz CT molecular complexity index is 575. The summed E-state index contributed by atoms with van der Waals surface area (Å²) in [4.78, 5) is 1.19. The molecular formula is C15H17Br2NO2S. The minimum absolute atomic E-state index is 0.584. The summed E-state index contributed by atoms with van der Waals surface area (Å²) in [6, 6.07) is 10.3. The number of ether oxygens (including phenoxy) is 2. The summed E-state index contributed by atoms with van der Waals surface area (Å²) < 4.78 is 12.9. The van der Waals surface area contributed by atoms with E-state index in [1.54, 1.807) is 18.4 Å². The normalized spacial score (nSPS) is 10.8. The van der Waals surface area contributed by atoms with E-state index in [1.165, 1.54) is 10.4 Å². The van der Waals surface area contributed by atoms with Crippen LogP contribution in [0, 0.1) is 0 Å². The van der Waals surface area contributed by atoms with Crippen LogP contribution in [0.25, 0.3) is 0 Å². The van der Waals surface area contributed by atoms with Gasteiger partial charge in [-0.25, -0.2) is 0 Å². The van der Waals surface area contributed by atoms with Crippen LogP contribution >= 0.6 is 43.2 Å². The molecule has 0 unspecified atom stereocenters. The van der Waals surface area contributed by atoms with Crippen LogP contribution in [-0.2, 0) is 17.9 Å². The fraction of sp³-hybridized carbons (Fsp3) is 0.333. The Balaban J connectivity index is 1.86. The van der Waals surface area contributed by atoms with Crippen molar-refractivity contribution >= 4 is 43.2 Å². The molecule has 2 rings (SSSR count). The van der Waals surface area contributed by atoms with Gasteiger partial charge in [0, 0.05) is 25.1 Å². The number of halogens is 2. The van der Waals surface area contributed by atoms with Crippen LogP contribution in [0.15, 0.2) is 38.6 Å². The van der Waals surface area contributed by atoms with E-state index < -0.39 is 0 Å². The van der Waals surface area contributed by atoms with Crippen LogP contribution in [0.3, 0.4) is 0 Å². The fourth-order valence-corrected chi connectivity index (χ4v) is 3.69. The molecule has 1 N–H and O–H groups in total. The minimum atomic E-state index is 0.584. The summed E-state index contributed by atoms with van der Waals surface area (Å²) in [7, 11) is 1.70. The van der Waals surface area contributed by atoms with Gasteiger partial charge in [0.1, 0.15) is 12.4 Å². The molecule has 1 aromatic carbocycles. The van der Waals surface area contributed by atoms with E-state index in [9.17, 15) is 0 Å². The van der Waals surface area contributed by atoms with Crippen molar-refractivity contribution < 1.29 is 9.47 Å². The highest BCUT2D eigenvalue weighted by Crippen LogP contribution is 2.28. The summed E-state index contributed by atoms with van der Waals surface area (Å²) in [6.45, 7) is 2.97. The highest BCUT2D eigenvalue weighted by molar-refractivity contribution is 9.11. The summed E-state index contributed by atoms with van der Waals surface area (Å²) in [5, 5.41) is 3.32. The van der Waals surface area contributed by atoms with Crippen molar-refractivity contribution in [2.24, 2.45) is 0 Å². The van der Waals surface area contributed by atoms with Crippen molar-refractivity contribution in [2.75, 3.05) is 20.3 Å². The molecule has 1 aromatic heterocycles. The molecule has 21 heavy (non-hydrogen) atoms. The Hall–Kier alpha value is -0.400. The number of nitrogens with one attached hydrogen (secondary N) is 1. The third-order valence-corrected chi connectivity index (χ3v) is 5.02. The number of thiophene rings is 1. The molecule has 0 aliphatic rings. The predicted octanol–water partition coefficient (Wildman–Crippen LogP) is 4.59. The van der Waals surface area contributed by atoms with Gasteiger partial charge in [-0.3, -0.25) is 0 Å². The molecule has 0 amide bonds. The lowest BCUT2D eigenvalue weighted by Gasteiger charge is -2.10. The molecule has 0 saturated carbocycles. The standard InChI is InChI=1S/C15H17Br2NO2S/c1-19-7-6-18-9-11-2-4-14(13(16)8-11)20-10-12-3-5-15(17)21-12/h2-5,8,18H,6-7,9-10H2,1H3. The highest BCUT2D eigenvalue weighted by Gasteiger charge is 2.05. The van der Waals surface area contributed by atoms with E-state index in [4.69, 9.17) is 9.47 Å². The van der Waals surface area contributed by atoms with Gasteiger partial charge in [-0.2, -0.15) is 0 Å². The largest absolute Gasteiger partial charge is 0.487 e. The van der Waals surface area contributed by atoms with Gasteiger partial charge in [0.15, 0.2) is 0 Å². The van der Waals surface area contributed by atoms with E-state index in [0.29, 0.717) is 6.61 Å². The summed E-state index contributed by atoms with van der Waals surface area (Å²) in [5.74, 6) is 0.861. The number of hydrogen-bond acceptors (Lipinski definition) is 4. The van der Waals surface area contributed by atoms with E-state index in [2.05, 4.69) is 55.4 Å². The number of benzene rings is 1. The molecule has 0 bridgehead atoms. The van der Waals surface area contributed by atoms with Gasteiger partial charge in [0.25, 0.3) is 0 Å². The van der Waals surface area contributed by atoms with Gasteiger partial charge in [0.05, 0.1) is 14.9 Å². The molecule has 1 heterocycles. The van der Waals surface area contributed by atoms with Crippen LogP contribution in [0.5, 0.6) is 5.75 Å². The van der Waals surface area contributed by atoms with Crippen LogP contribution in [0.2, 0.25) is 0 Å². The van der Waals surface area contributed by atoms with Crippen molar-refractivity contribution in [3.05, 3.63) is 49.0 Å². The predicted molar refractivity (Wildman–Crippen MR) is 94.1 cm³/mol. The first-order valence-electron chi connectivity index (χ1n) is 6.54. The molecule has 0 spiro atoms. The SMILES string of the molecule is COCCNCc1ccc(OCc2ccc(Br)s2)c(Br)c1. The monoisotopic (exact) mass is 433 g/mol. The Labute approximate surface area is 145 Å². The van der Waals surface area contributed by atoms with E-state index >= 15 is 0 Å². The lowest BCUT2D eigenvalue weighted by Crippen LogP contribution is -2.18. The average Bonchev–Trinajstić information content (AvgIpc) is 2.88. The van der Waals surface area contributed by atoms with Gasteiger partial charge in [0.2, 0.25) is 0 Å². The van der Waals surface area contributed by atoms with Gasteiger partial charge in [-0.05, 0) is 61.7 Å². The molecule has 0 atom stereocenters. The maximum Gasteiger partial charge on any atom is 0.134 e. The van der Waals surface area contributed by atoms with Crippen LogP contribution < -0.4 is 10.1 Å². The quantitative estimate of drug-likeness (QED) is 0.616. The van der Waals surface area contributed by atoms with Crippen LogP contribution in [-0.4, -0.2) is 20.3 Å². The lowest BCUT2D eigenvalue weighted by atomic mass is 10.2. The first-order chi connectivity index (χ1) is 10.2. The van der Waals surface area contributed by atoms with E-state index in [1.807, 2.05) is 12.1 Å². The first-order valence-corrected chi connectivity index (χ1v) is 8.94. The second kappa shape index (κ2) is 8.90. The molecular weight excluding hydrogens is 418 g/mol. The second-order valence-corrected chi connectivity index (χ2v) is 7.83. The number of methoxy groups -OCH3 is 1. The molecule has 0 fully saturated rings. The third kappa shape index (κ3) is 5.71. The van der Waals surface area contributed by atoms with Crippen molar-refractivity contribution in [1.82, 2.24) is 5.32 Å². The molecule has 114 valence electrons. The molecule has 2 aromatic rings. The first kappa shape index (κ1) is 17.0. The van der Waals surface area contributed by atoms with Crippen molar-refractivity contribution in [3.63, 3.8) is 0 Å². The maximum atomic E-state index is 5.84. The minimum Gasteiger partial charge on any atom is -0.487 e. The molecule has 0 radical (unpaired) electrons. The second-order valence-electron chi connectivity index (χ2n) is 4.43. The van der Waals surface area contributed by atoms with Crippen LogP contribution in [0.1, 0.15) is 10.4 Å². The Morgan fingerprint density at radius 2 is 2.05 bits per heavy atom. The van der Waals surface area contributed by atoms with Gasteiger partial charge in [-0.15, -0.1) is 11.3 Å². The van der Waals surface area contributed by atoms with Crippen molar-refractivity contribution in [3.8, 4) is 5.75 Å². The summed E-state index contributed by atoms with van der Waals surface area (Å²) in [5.41, 5.74) is 1.21. The fourth-order valence-electron chi connectivity index (χ4n) is 1.76. The van der Waals surface area contributed by atoms with Crippen LogP contribution in [0.4, 0.5) is 0 Å². The topological polar surface area (TPSA) is 30.5 Å². The zero-order valence-corrected chi connectivity index (χ0v) is 15.7. The Morgan fingerprint density at radius 3 is 2.71 bits per heavy atom. The summed E-state index contributed by atoms with van der Waals surface area (Å²) >= 11 is 8.71. The number of rotatable bonds is 8. The van der Waals surface area contributed by atoms with E-state index in [-0.39, 0.29) is 0 Å². The van der Waals surface area contributed by atoms with Crippen molar-refractivity contribution in [1.29, 1.82) is 0 Å². The molecule has 0 aliphatic heterocycles. The molecule has 3 nitrogen and oxygen atoms in total. The average molecular weight is 435 g/mol. The smallest absolute Gasteiger partial charge is 0.134 e. The zero-order valence-electron chi connectivity index (χ0n) is 11.7.